The average molecular weight is 410 g/mol. The van der Waals surface area contributed by atoms with Crippen molar-refractivity contribution in [3.63, 3.8) is 0 Å². The van der Waals surface area contributed by atoms with E-state index in [1.54, 1.807) is 0 Å². The van der Waals surface area contributed by atoms with Gasteiger partial charge in [0.2, 0.25) is 0 Å². The molecule has 0 amide bonds. The number of aryl methyl sites for hydroxylation is 2. The summed E-state index contributed by atoms with van der Waals surface area (Å²) in [6.07, 6.45) is 10.9. The van der Waals surface area contributed by atoms with Gasteiger partial charge in [-0.2, -0.15) is 0 Å². The van der Waals surface area contributed by atoms with Gasteiger partial charge in [-0.25, -0.2) is 4.98 Å². The van der Waals surface area contributed by atoms with E-state index < -0.39 is 0 Å². The van der Waals surface area contributed by atoms with Gasteiger partial charge in [0.05, 0.1) is 23.4 Å². The van der Waals surface area contributed by atoms with Crippen molar-refractivity contribution in [2.45, 2.75) is 70.8 Å². The molecule has 0 saturated carbocycles. The van der Waals surface area contributed by atoms with Crippen molar-refractivity contribution in [3.8, 4) is 11.4 Å². The van der Waals surface area contributed by atoms with Crippen molar-refractivity contribution in [1.82, 2.24) is 9.55 Å². The van der Waals surface area contributed by atoms with Crippen LogP contribution in [0.15, 0.2) is 28.6 Å². The Kier molecular flexibility index (Phi) is 3.49. The molecule has 1 unspecified atom stereocenters. The molecule has 0 bridgehead atoms. The summed E-state index contributed by atoms with van der Waals surface area (Å²) < 4.78 is 1.99. The van der Waals surface area contributed by atoms with E-state index in [1.165, 1.54) is 39.8 Å². The molecule has 0 fully saturated rings. The fourth-order valence-corrected chi connectivity index (χ4v) is 6.37. The number of nitrogen functional groups attached to an aromatic ring is 1. The maximum atomic E-state index is 13.5. The topological polar surface area (TPSA) is 60.9 Å². The van der Waals surface area contributed by atoms with Crippen LogP contribution in [0.3, 0.4) is 0 Å². The molecule has 2 N–H and O–H groups in total. The predicted molar refractivity (Wildman–Crippen MR) is 125 cm³/mol. The largest absolute Gasteiger partial charge is 0.398 e. The third-order valence-electron chi connectivity index (χ3n) is 8.05. The second-order valence-electron chi connectivity index (χ2n) is 9.77. The van der Waals surface area contributed by atoms with Crippen LogP contribution in [0.4, 0.5) is 5.69 Å². The number of rotatable bonds is 3. The predicted octanol–water partition coefficient (Wildman–Crippen LogP) is 4.81. The molecule has 4 nitrogen and oxygen atoms in total. The summed E-state index contributed by atoms with van der Waals surface area (Å²) in [4.78, 5) is 18.7. The molecular formula is C27H27N3O. The van der Waals surface area contributed by atoms with Gasteiger partial charge < -0.3 is 10.3 Å². The highest BCUT2D eigenvalue weighted by Gasteiger charge is 2.37. The molecule has 0 saturated heterocycles. The minimum Gasteiger partial charge on any atom is -0.398 e. The molecule has 0 spiro atoms. The van der Waals surface area contributed by atoms with Crippen LogP contribution in [0.2, 0.25) is 0 Å². The number of benzene rings is 1. The summed E-state index contributed by atoms with van der Waals surface area (Å²) in [5.74, 6) is 0.408. The summed E-state index contributed by atoms with van der Waals surface area (Å²) in [6, 6.07) is 4.55. The van der Waals surface area contributed by atoms with Gasteiger partial charge in [0.1, 0.15) is 0 Å². The van der Waals surface area contributed by atoms with Crippen molar-refractivity contribution in [1.29, 1.82) is 0 Å². The summed E-state index contributed by atoms with van der Waals surface area (Å²) in [5, 5.41) is 1.16. The van der Waals surface area contributed by atoms with E-state index in [0.29, 0.717) is 12.5 Å². The lowest BCUT2D eigenvalue weighted by Crippen LogP contribution is -2.26. The SMILES string of the molecule is CCCCc1c2c(nc3cc4c(c(N)c13)CCC4)-c1cc3c(c(=O)n1C2)CCC1=CC13. The first kappa shape index (κ1) is 17.8. The van der Waals surface area contributed by atoms with E-state index in [4.69, 9.17) is 10.7 Å². The van der Waals surface area contributed by atoms with Crippen molar-refractivity contribution in [3.05, 3.63) is 67.5 Å². The standard InChI is InChI=1S/C27H27N3O/c1-2-3-6-17-21-13-30-23(12-20-18(27(30)31)9-8-15-10-19(15)20)26(21)29-22-11-14-5-4-7-16(14)25(28)24(17)22/h10-12,19H,2-9,13,28H2,1H3. The average Bonchev–Trinajstić information content (AvgIpc) is 3.27. The van der Waals surface area contributed by atoms with Crippen LogP contribution < -0.4 is 11.3 Å². The fourth-order valence-electron chi connectivity index (χ4n) is 6.37. The molecule has 1 aromatic carbocycles. The van der Waals surface area contributed by atoms with E-state index in [9.17, 15) is 4.79 Å². The van der Waals surface area contributed by atoms with Crippen LogP contribution >= 0.6 is 0 Å². The monoisotopic (exact) mass is 409 g/mol. The lowest BCUT2D eigenvalue weighted by Gasteiger charge is -2.17. The fraction of sp³-hybridized carbons (Fsp3) is 0.407. The Hall–Kier alpha value is -2.88. The molecular weight excluding hydrogens is 382 g/mol. The second-order valence-corrected chi connectivity index (χ2v) is 9.77. The summed E-state index contributed by atoms with van der Waals surface area (Å²) in [6.45, 7) is 2.87. The first-order chi connectivity index (χ1) is 15.2. The summed E-state index contributed by atoms with van der Waals surface area (Å²) in [7, 11) is 0. The number of aromatic nitrogens is 2. The van der Waals surface area contributed by atoms with E-state index in [1.807, 2.05) is 4.57 Å². The lowest BCUT2D eigenvalue weighted by atomic mass is 9.90. The Morgan fingerprint density at radius 1 is 1.13 bits per heavy atom. The van der Waals surface area contributed by atoms with Gasteiger partial charge in [-0.3, -0.25) is 4.79 Å². The Morgan fingerprint density at radius 3 is 2.90 bits per heavy atom. The zero-order chi connectivity index (χ0) is 20.9. The number of unbranched alkanes of at least 4 members (excludes halogenated alkanes) is 1. The molecule has 3 heterocycles. The van der Waals surface area contributed by atoms with Crippen LogP contribution in [-0.2, 0) is 32.2 Å². The van der Waals surface area contributed by atoms with E-state index >= 15 is 0 Å². The molecule has 156 valence electrons. The highest BCUT2D eigenvalue weighted by molar-refractivity contribution is 5.99. The molecule has 2 aromatic heterocycles. The van der Waals surface area contributed by atoms with Gasteiger partial charge in [-0.1, -0.05) is 25.0 Å². The van der Waals surface area contributed by atoms with Crippen molar-refractivity contribution < 1.29 is 0 Å². The molecule has 3 aliphatic carbocycles. The van der Waals surface area contributed by atoms with Crippen LogP contribution in [-0.4, -0.2) is 9.55 Å². The smallest absolute Gasteiger partial charge is 0.254 e. The Morgan fingerprint density at radius 2 is 2.03 bits per heavy atom. The number of nitrogens with zero attached hydrogens (tertiary/aromatic N) is 2. The van der Waals surface area contributed by atoms with Crippen LogP contribution in [0.1, 0.15) is 71.9 Å². The normalized spacial score (nSPS) is 19.5. The van der Waals surface area contributed by atoms with Crippen LogP contribution in [0.25, 0.3) is 22.3 Å². The molecule has 31 heavy (non-hydrogen) atoms. The van der Waals surface area contributed by atoms with Gasteiger partial charge in [-0.15, -0.1) is 0 Å². The quantitative estimate of drug-likeness (QED) is 0.390. The summed E-state index contributed by atoms with van der Waals surface area (Å²) in [5.41, 5.74) is 20.0. The molecule has 4 heteroatoms. The molecule has 4 aliphatic rings. The highest BCUT2D eigenvalue weighted by Crippen LogP contribution is 2.49. The Labute approximate surface area is 181 Å². The van der Waals surface area contributed by atoms with Crippen LogP contribution in [0, 0.1) is 0 Å². The number of allylic oxidation sites excluding steroid dienone is 2. The van der Waals surface area contributed by atoms with Gasteiger partial charge in [0.15, 0.2) is 0 Å². The maximum Gasteiger partial charge on any atom is 0.254 e. The summed E-state index contributed by atoms with van der Waals surface area (Å²) >= 11 is 0. The Balaban J connectivity index is 1.51. The number of fused-ring (bicyclic) bond motifs is 8. The first-order valence-electron chi connectivity index (χ1n) is 11.9. The molecule has 0 radical (unpaired) electrons. The number of hydrogen-bond donors (Lipinski definition) is 1. The molecule has 1 aliphatic heterocycles. The molecule has 3 aromatic rings. The first-order valence-corrected chi connectivity index (χ1v) is 11.9. The molecule has 7 rings (SSSR count). The van der Waals surface area contributed by atoms with Gasteiger partial charge >= 0.3 is 0 Å². The highest BCUT2D eigenvalue weighted by atomic mass is 16.1. The van der Waals surface area contributed by atoms with Crippen molar-refractivity contribution in [2.24, 2.45) is 0 Å². The zero-order valence-corrected chi connectivity index (χ0v) is 18.1. The van der Waals surface area contributed by atoms with Crippen molar-refractivity contribution >= 4 is 16.6 Å². The van der Waals surface area contributed by atoms with Gasteiger partial charge in [0.25, 0.3) is 5.56 Å². The van der Waals surface area contributed by atoms with Crippen LogP contribution in [0.5, 0.6) is 0 Å². The Bertz CT molecular complexity index is 1410. The maximum absolute atomic E-state index is 13.5. The van der Waals surface area contributed by atoms with Gasteiger partial charge in [0, 0.05) is 28.1 Å². The minimum absolute atomic E-state index is 0.200. The lowest BCUT2D eigenvalue weighted by molar-refractivity contribution is 0.741. The zero-order valence-electron chi connectivity index (χ0n) is 18.1. The number of pyridine rings is 2. The number of hydrogen-bond acceptors (Lipinski definition) is 3. The van der Waals surface area contributed by atoms with Crippen molar-refractivity contribution in [2.75, 3.05) is 5.73 Å². The number of nitrogens with two attached hydrogens (primary N) is 1. The number of anilines is 1. The second kappa shape index (κ2) is 6.09. The van der Waals surface area contributed by atoms with E-state index in [0.717, 1.165) is 78.5 Å². The third kappa shape index (κ3) is 2.31. The minimum atomic E-state index is 0.200. The molecule has 1 atom stereocenters. The third-order valence-corrected chi connectivity index (χ3v) is 8.05. The van der Waals surface area contributed by atoms with Gasteiger partial charge in [-0.05, 0) is 79.3 Å². The van der Waals surface area contributed by atoms with E-state index in [2.05, 4.69) is 25.1 Å². The van der Waals surface area contributed by atoms with E-state index in [-0.39, 0.29) is 5.56 Å².